The number of rotatable bonds is 0. The molecule has 18 aromatic carbocycles. The van der Waals surface area contributed by atoms with Crippen LogP contribution in [0.1, 0.15) is 27.8 Å². The number of fused-ring (bicyclic) bond motifs is 10. The lowest BCUT2D eigenvalue weighted by Crippen LogP contribution is -1.85. The Bertz CT molecular complexity index is 5280. The van der Waals surface area contributed by atoms with E-state index < -0.39 is 0 Å². The molecule has 0 nitrogen and oxygen atoms in total. The van der Waals surface area contributed by atoms with Crippen molar-refractivity contribution >= 4 is 140 Å². The van der Waals surface area contributed by atoms with Gasteiger partial charge in [-0.25, -0.2) is 0 Å². The molecule has 0 amide bonds. The monoisotopic (exact) mass is 1060 g/mol. The van der Waals surface area contributed by atoms with E-state index in [0.29, 0.717) is 0 Å². The third-order valence-electron chi connectivity index (χ3n) is 17.2. The van der Waals surface area contributed by atoms with E-state index in [1.807, 2.05) is 0 Å². The van der Waals surface area contributed by atoms with Crippen molar-refractivity contribution in [3.63, 3.8) is 0 Å². The molecule has 0 unspecified atom stereocenters. The summed E-state index contributed by atoms with van der Waals surface area (Å²) in [6.45, 7) is 10.8. The molecule has 0 aromatic heterocycles. The Morgan fingerprint density at radius 1 is 0.157 bits per heavy atom. The van der Waals surface area contributed by atoms with E-state index in [2.05, 4.69) is 320 Å². The Hall–Kier alpha value is -10.1. The molecule has 0 N–H and O–H groups in total. The van der Waals surface area contributed by atoms with Gasteiger partial charge in [-0.15, -0.1) is 0 Å². The molecule has 394 valence electrons. The van der Waals surface area contributed by atoms with E-state index in [1.54, 1.807) is 0 Å². The molecule has 0 aliphatic rings. The summed E-state index contributed by atoms with van der Waals surface area (Å²) in [7, 11) is 0. The van der Waals surface area contributed by atoms with Crippen molar-refractivity contribution < 1.29 is 0 Å². The maximum absolute atomic E-state index is 2.30. The maximum atomic E-state index is 2.30. The van der Waals surface area contributed by atoms with Gasteiger partial charge in [-0.1, -0.05) is 278 Å². The summed E-state index contributed by atoms with van der Waals surface area (Å²) in [5.41, 5.74) is 6.70. The number of benzene rings is 18. The molecule has 18 rings (SSSR count). The lowest BCUT2D eigenvalue weighted by molar-refractivity contribution is 1.51. The molecule has 0 aliphatic carbocycles. The zero-order chi connectivity index (χ0) is 56.1. The zero-order valence-electron chi connectivity index (χ0n) is 47.6. The highest BCUT2D eigenvalue weighted by Gasteiger charge is 2.11. The zero-order valence-corrected chi connectivity index (χ0v) is 47.6. The van der Waals surface area contributed by atoms with Gasteiger partial charge in [-0.3, -0.25) is 0 Å². The minimum absolute atomic E-state index is 1.31. The van der Waals surface area contributed by atoms with E-state index in [1.165, 1.54) is 168 Å². The summed E-state index contributed by atoms with van der Waals surface area (Å²) >= 11 is 0. The topological polar surface area (TPSA) is 0 Å². The fourth-order valence-electron chi connectivity index (χ4n) is 13.1. The summed E-state index contributed by atoms with van der Waals surface area (Å²) in [5.74, 6) is 0. The molecule has 0 fully saturated rings. The molecule has 0 bridgehead atoms. The third-order valence-corrected chi connectivity index (χ3v) is 17.2. The average Bonchev–Trinajstić information content (AvgIpc) is 2.79. The SMILES string of the molecule is Cc1c2ccccc2cc2ccccc12.Cc1cc2ccc3cccc4ccc(c1)c2c34.Cc1ccc2c3ccccc3c3ccccc3c2c1.Cc1ccc2cc3ccccc3cc2c1.Cc1ccc2ccc3cccc4ccc1c2c34. The second-order valence-electron chi connectivity index (χ2n) is 22.7. The quantitative estimate of drug-likeness (QED) is 0.105. The Morgan fingerprint density at radius 3 is 1.02 bits per heavy atom. The van der Waals surface area contributed by atoms with Gasteiger partial charge >= 0.3 is 0 Å². The van der Waals surface area contributed by atoms with Gasteiger partial charge in [0.1, 0.15) is 0 Å². The van der Waals surface area contributed by atoms with Crippen LogP contribution in [-0.2, 0) is 0 Å². The normalized spacial score (nSPS) is 11.4. The Balaban J connectivity index is 0.0000000928. The fraction of sp³-hybridized carbons (Fsp3) is 0.0602. The van der Waals surface area contributed by atoms with E-state index in [9.17, 15) is 0 Å². The Kier molecular flexibility index (Phi) is 13.2. The van der Waals surface area contributed by atoms with Crippen molar-refractivity contribution in [3.05, 3.63) is 313 Å². The molecule has 0 radical (unpaired) electrons. The van der Waals surface area contributed by atoms with Crippen LogP contribution in [-0.4, -0.2) is 0 Å². The highest BCUT2D eigenvalue weighted by Crippen LogP contribution is 2.38. The van der Waals surface area contributed by atoms with Crippen LogP contribution in [0.15, 0.2) is 285 Å². The van der Waals surface area contributed by atoms with Crippen LogP contribution in [0.25, 0.3) is 140 Å². The molecule has 0 atom stereocenters. The predicted octanol–water partition coefficient (Wildman–Crippen LogP) is 23.8. The van der Waals surface area contributed by atoms with Crippen molar-refractivity contribution in [1.82, 2.24) is 0 Å². The van der Waals surface area contributed by atoms with Gasteiger partial charge in [-0.05, 0) is 210 Å². The van der Waals surface area contributed by atoms with Crippen molar-refractivity contribution in [1.29, 1.82) is 0 Å². The molecule has 0 spiro atoms. The second kappa shape index (κ2) is 21.4. The van der Waals surface area contributed by atoms with Gasteiger partial charge in [0.05, 0.1) is 0 Å². The molecule has 0 saturated heterocycles. The molecule has 83 heavy (non-hydrogen) atoms. The Morgan fingerprint density at radius 2 is 0.470 bits per heavy atom. The van der Waals surface area contributed by atoms with Crippen LogP contribution in [0, 0.1) is 34.6 Å². The van der Waals surface area contributed by atoms with Crippen molar-refractivity contribution in [2.24, 2.45) is 0 Å². The molecule has 0 heterocycles. The van der Waals surface area contributed by atoms with Gasteiger partial charge in [0.2, 0.25) is 0 Å². The highest BCUT2D eigenvalue weighted by atomic mass is 14.1. The summed E-state index contributed by atoms with van der Waals surface area (Å²) in [6, 6.07) is 103. The van der Waals surface area contributed by atoms with E-state index >= 15 is 0 Å². The predicted molar refractivity (Wildman–Crippen MR) is 366 cm³/mol. The third kappa shape index (κ3) is 9.53. The smallest absolute Gasteiger partial charge is 0.00241 e. The van der Waals surface area contributed by atoms with Crippen molar-refractivity contribution in [2.45, 2.75) is 34.6 Å². The van der Waals surface area contributed by atoms with Gasteiger partial charge in [0.15, 0.2) is 0 Å². The lowest BCUT2D eigenvalue weighted by atomic mass is 9.92. The summed E-state index contributed by atoms with van der Waals surface area (Å²) in [5, 5.41) is 35.1. The maximum Gasteiger partial charge on any atom is -0.00241 e. The average molecular weight is 1060 g/mol. The first-order valence-electron chi connectivity index (χ1n) is 29.0. The molecular formula is C83H62. The van der Waals surface area contributed by atoms with Gasteiger partial charge in [-0.2, -0.15) is 0 Å². The van der Waals surface area contributed by atoms with E-state index in [0.717, 1.165) is 0 Å². The van der Waals surface area contributed by atoms with Crippen molar-refractivity contribution in [3.8, 4) is 0 Å². The van der Waals surface area contributed by atoms with Crippen LogP contribution in [0.3, 0.4) is 0 Å². The first kappa shape index (κ1) is 51.0. The minimum Gasteiger partial charge on any atom is -0.0616 e. The highest BCUT2D eigenvalue weighted by molar-refractivity contribution is 6.26. The summed E-state index contributed by atoms with van der Waals surface area (Å²) < 4.78 is 0. The van der Waals surface area contributed by atoms with Crippen LogP contribution in [0.2, 0.25) is 0 Å². The number of aryl methyl sites for hydroxylation is 5. The van der Waals surface area contributed by atoms with Gasteiger partial charge in [0.25, 0.3) is 0 Å². The molecule has 0 saturated carbocycles. The Labute approximate surface area is 484 Å². The summed E-state index contributed by atoms with van der Waals surface area (Å²) in [6.07, 6.45) is 0. The number of hydrogen-bond acceptors (Lipinski definition) is 0. The van der Waals surface area contributed by atoms with Crippen LogP contribution >= 0.6 is 0 Å². The van der Waals surface area contributed by atoms with Crippen LogP contribution in [0.5, 0.6) is 0 Å². The minimum atomic E-state index is 1.31. The van der Waals surface area contributed by atoms with Crippen LogP contribution < -0.4 is 0 Å². The largest absolute Gasteiger partial charge is 0.0616 e. The van der Waals surface area contributed by atoms with E-state index in [4.69, 9.17) is 0 Å². The first-order chi connectivity index (χ1) is 40.7. The van der Waals surface area contributed by atoms with Gasteiger partial charge < -0.3 is 0 Å². The standard InChI is InChI=1S/C19H14.2C17H12.2C15H12/c1-13-10-11-18-16-8-3-2-6-14(16)15-7-4-5-9-17(15)19(18)12-13;1-11-9-14-7-5-12-3-2-4-13-6-8-15(10-11)17(14)16(12)13;1-11-5-6-14-8-7-12-3-2-4-13-9-10-15(11)17(14)16(12)13;1-11-14-8-4-2-6-12(14)10-13-7-3-5-9-15(11)13;1-11-6-7-14-9-12-4-2-3-5-13(12)10-15(14)8-11/h2-12H,1H3;2*2-10H,1H3;2*2-10H,1H3. The lowest BCUT2D eigenvalue weighted by Gasteiger charge is -2.11. The number of hydrogen-bond donors (Lipinski definition) is 0. The van der Waals surface area contributed by atoms with E-state index in [-0.39, 0.29) is 0 Å². The fourth-order valence-corrected chi connectivity index (χ4v) is 13.1. The molecular weight excluding hydrogens is 997 g/mol. The van der Waals surface area contributed by atoms with Gasteiger partial charge in [0, 0.05) is 0 Å². The van der Waals surface area contributed by atoms with Crippen molar-refractivity contribution in [2.75, 3.05) is 0 Å². The molecule has 0 heteroatoms. The van der Waals surface area contributed by atoms with Crippen LogP contribution in [0.4, 0.5) is 0 Å². The first-order valence-corrected chi connectivity index (χ1v) is 29.0. The second-order valence-corrected chi connectivity index (χ2v) is 22.7. The summed E-state index contributed by atoms with van der Waals surface area (Å²) in [4.78, 5) is 0. The molecule has 18 aromatic rings. The molecule has 0 aliphatic heterocycles.